The number of benzene rings is 1. The first-order chi connectivity index (χ1) is 8.93. The number of methoxy groups -OCH3 is 1. The fourth-order valence-corrected chi connectivity index (χ4v) is 1.64. The molecule has 0 spiro atoms. The molecule has 1 unspecified atom stereocenters. The van der Waals surface area contributed by atoms with Crippen LogP contribution >= 0.6 is 0 Å². The molecule has 1 rings (SSSR count). The molecule has 19 heavy (non-hydrogen) atoms. The Balaban J connectivity index is 2.72. The second kappa shape index (κ2) is 6.78. The molecule has 0 fully saturated rings. The lowest BCUT2D eigenvalue weighted by Gasteiger charge is -2.20. The smallest absolute Gasteiger partial charge is 0.305 e. The van der Waals surface area contributed by atoms with Crippen molar-refractivity contribution >= 4 is 11.9 Å². The van der Waals surface area contributed by atoms with Crippen molar-refractivity contribution in [1.29, 1.82) is 0 Å². The Morgan fingerprint density at radius 1 is 1.26 bits per heavy atom. The molecule has 1 aromatic rings. The van der Waals surface area contributed by atoms with Gasteiger partial charge in [-0.3, -0.25) is 9.59 Å². The maximum Gasteiger partial charge on any atom is 0.305 e. The van der Waals surface area contributed by atoms with Crippen LogP contribution in [0.3, 0.4) is 0 Å². The fraction of sp³-hybridized carbons (Fsp3) is 0.429. The van der Waals surface area contributed by atoms with Crippen LogP contribution in [0.5, 0.6) is 5.75 Å². The number of carboxylic acid groups (broad SMARTS) is 1. The Hall–Kier alpha value is -2.04. The molecule has 0 aliphatic carbocycles. The van der Waals surface area contributed by atoms with Crippen LogP contribution in [0.1, 0.15) is 30.6 Å². The van der Waals surface area contributed by atoms with Gasteiger partial charge in [-0.15, -0.1) is 0 Å². The largest absolute Gasteiger partial charge is 0.497 e. The SMILES string of the molecule is COc1ccc(C(=O)NC(CC(=O)O)C(C)C)cc1. The molecule has 0 bridgehead atoms. The van der Waals surface area contributed by atoms with Gasteiger partial charge in [0.15, 0.2) is 0 Å². The highest BCUT2D eigenvalue weighted by atomic mass is 16.5. The number of amides is 1. The fourth-order valence-electron chi connectivity index (χ4n) is 1.64. The number of ether oxygens (including phenoxy) is 1. The molecule has 0 aromatic heterocycles. The number of carboxylic acids is 1. The highest BCUT2D eigenvalue weighted by Crippen LogP contribution is 2.12. The predicted octanol–water partition coefficient (Wildman–Crippen LogP) is 1.92. The first kappa shape index (κ1) is 15.0. The van der Waals surface area contributed by atoms with Crippen LogP contribution < -0.4 is 10.1 Å². The van der Waals surface area contributed by atoms with E-state index in [1.807, 2.05) is 13.8 Å². The molecule has 1 amide bonds. The van der Waals surface area contributed by atoms with E-state index in [9.17, 15) is 9.59 Å². The van der Waals surface area contributed by atoms with E-state index in [1.54, 1.807) is 31.4 Å². The molecule has 5 heteroatoms. The molecule has 0 saturated carbocycles. The zero-order valence-electron chi connectivity index (χ0n) is 11.3. The number of nitrogens with one attached hydrogen (secondary N) is 1. The number of hydrogen-bond acceptors (Lipinski definition) is 3. The zero-order valence-corrected chi connectivity index (χ0v) is 11.3. The maximum atomic E-state index is 12.0. The third kappa shape index (κ3) is 4.62. The van der Waals surface area contributed by atoms with Gasteiger partial charge in [-0.2, -0.15) is 0 Å². The maximum absolute atomic E-state index is 12.0. The second-order valence-corrected chi connectivity index (χ2v) is 4.65. The summed E-state index contributed by atoms with van der Waals surface area (Å²) < 4.78 is 5.01. The van der Waals surface area contributed by atoms with Crippen LogP contribution in [0.25, 0.3) is 0 Å². The third-order valence-corrected chi connectivity index (χ3v) is 2.87. The van der Waals surface area contributed by atoms with Crippen LogP contribution in [0.15, 0.2) is 24.3 Å². The van der Waals surface area contributed by atoms with Crippen molar-refractivity contribution in [3.63, 3.8) is 0 Å². The Labute approximate surface area is 112 Å². The molecule has 0 aliphatic rings. The van der Waals surface area contributed by atoms with E-state index >= 15 is 0 Å². The molecule has 0 heterocycles. The molecular formula is C14H19NO4. The average Bonchev–Trinajstić information content (AvgIpc) is 2.37. The number of hydrogen-bond donors (Lipinski definition) is 2. The van der Waals surface area contributed by atoms with E-state index < -0.39 is 5.97 Å². The van der Waals surface area contributed by atoms with Gasteiger partial charge in [0.1, 0.15) is 5.75 Å². The molecule has 1 atom stereocenters. The molecule has 5 nitrogen and oxygen atoms in total. The van der Waals surface area contributed by atoms with Gasteiger partial charge in [0.2, 0.25) is 0 Å². The minimum Gasteiger partial charge on any atom is -0.497 e. The minimum absolute atomic E-state index is 0.0540. The van der Waals surface area contributed by atoms with Crippen molar-refractivity contribution < 1.29 is 19.4 Å². The van der Waals surface area contributed by atoms with Gasteiger partial charge >= 0.3 is 5.97 Å². The summed E-state index contributed by atoms with van der Waals surface area (Å²) in [5, 5.41) is 11.6. The van der Waals surface area contributed by atoms with Gasteiger partial charge < -0.3 is 15.2 Å². The monoisotopic (exact) mass is 265 g/mol. The second-order valence-electron chi connectivity index (χ2n) is 4.65. The van der Waals surface area contributed by atoms with Crippen molar-refractivity contribution in [1.82, 2.24) is 5.32 Å². The van der Waals surface area contributed by atoms with Crippen LogP contribution in [0.4, 0.5) is 0 Å². The summed E-state index contributed by atoms with van der Waals surface area (Å²) in [4.78, 5) is 22.7. The van der Waals surface area contributed by atoms with E-state index in [1.165, 1.54) is 0 Å². The van der Waals surface area contributed by atoms with Crippen LogP contribution in [-0.4, -0.2) is 30.1 Å². The van der Waals surface area contributed by atoms with E-state index in [2.05, 4.69) is 5.32 Å². The standard InChI is InChI=1S/C14H19NO4/c1-9(2)12(8-13(16)17)15-14(18)10-4-6-11(19-3)7-5-10/h4-7,9,12H,8H2,1-3H3,(H,15,18)(H,16,17). The normalized spacial score (nSPS) is 12.0. The van der Waals surface area contributed by atoms with E-state index in [-0.39, 0.29) is 24.3 Å². The molecular weight excluding hydrogens is 246 g/mol. The van der Waals surface area contributed by atoms with Gasteiger partial charge in [0, 0.05) is 11.6 Å². The predicted molar refractivity (Wildman–Crippen MR) is 71.3 cm³/mol. The Bertz CT molecular complexity index is 439. The van der Waals surface area contributed by atoms with Crippen LogP contribution in [0.2, 0.25) is 0 Å². The number of carbonyl (C=O) groups excluding carboxylic acids is 1. The summed E-state index contributed by atoms with van der Waals surface area (Å²) in [6.45, 7) is 3.75. The first-order valence-electron chi connectivity index (χ1n) is 6.10. The Morgan fingerprint density at radius 2 is 1.84 bits per heavy atom. The van der Waals surface area contributed by atoms with Crippen molar-refractivity contribution in [3.8, 4) is 5.75 Å². The van der Waals surface area contributed by atoms with Gasteiger partial charge in [-0.1, -0.05) is 13.8 Å². The summed E-state index contributed by atoms with van der Waals surface area (Å²) in [6.07, 6.45) is -0.0838. The molecule has 0 aliphatic heterocycles. The van der Waals surface area contributed by atoms with E-state index in [0.29, 0.717) is 11.3 Å². The topological polar surface area (TPSA) is 75.6 Å². The van der Waals surface area contributed by atoms with Gasteiger partial charge in [0.25, 0.3) is 5.91 Å². The van der Waals surface area contributed by atoms with Crippen molar-refractivity contribution in [2.24, 2.45) is 5.92 Å². The highest BCUT2D eigenvalue weighted by Gasteiger charge is 2.20. The quantitative estimate of drug-likeness (QED) is 0.824. The van der Waals surface area contributed by atoms with E-state index in [0.717, 1.165) is 0 Å². The lowest BCUT2D eigenvalue weighted by Crippen LogP contribution is -2.40. The lowest BCUT2D eigenvalue weighted by molar-refractivity contribution is -0.137. The zero-order chi connectivity index (χ0) is 14.4. The van der Waals surface area contributed by atoms with Crippen LogP contribution in [-0.2, 0) is 4.79 Å². The number of rotatable bonds is 6. The van der Waals surface area contributed by atoms with Gasteiger partial charge in [-0.25, -0.2) is 0 Å². The molecule has 0 saturated heterocycles. The van der Waals surface area contributed by atoms with Gasteiger partial charge in [0.05, 0.1) is 13.5 Å². The summed E-state index contributed by atoms with van der Waals surface area (Å²) in [5.41, 5.74) is 0.483. The number of aliphatic carboxylic acids is 1. The molecule has 1 aromatic carbocycles. The first-order valence-corrected chi connectivity index (χ1v) is 6.10. The van der Waals surface area contributed by atoms with Crippen LogP contribution in [0, 0.1) is 5.92 Å². The molecule has 0 radical (unpaired) electrons. The molecule has 104 valence electrons. The van der Waals surface area contributed by atoms with Crippen molar-refractivity contribution in [3.05, 3.63) is 29.8 Å². The average molecular weight is 265 g/mol. The summed E-state index contributed by atoms with van der Waals surface area (Å²) in [7, 11) is 1.55. The summed E-state index contributed by atoms with van der Waals surface area (Å²) in [6, 6.07) is 6.29. The highest BCUT2D eigenvalue weighted by molar-refractivity contribution is 5.94. The van der Waals surface area contributed by atoms with Crippen molar-refractivity contribution in [2.75, 3.05) is 7.11 Å². The lowest BCUT2D eigenvalue weighted by atomic mass is 10.0. The third-order valence-electron chi connectivity index (χ3n) is 2.87. The Kier molecular flexibility index (Phi) is 5.36. The van der Waals surface area contributed by atoms with Gasteiger partial charge in [-0.05, 0) is 30.2 Å². The number of carbonyl (C=O) groups is 2. The molecule has 2 N–H and O–H groups in total. The minimum atomic E-state index is -0.922. The summed E-state index contributed by atoms with van der Waals surface area (Å²) in [5.74, 6) is -0.475. The van der Waals surface area contributed by atoms with Crippen molar-refractivity contribution in [2.45, 2.75) is 26.3 Å². The summed E-state index contributed by atoms with van der Waals surface area (Å²) >= 11 is 0. The van der Waals surface area contributed by atoms with E-state index in [4.69, 9.17) is 9.84 Å². The Morgan fingerprint density at radius 3 is 2.26 bits per heavy atom.